The molecule has 0 heterocycles. The zero-order valence-electron chi connectivity index (χ0n) is 13.6. The van der Waals surface area contributed by atoms with Crippen LogP contribution in [0.1, 0.15) is 11.1 Å². The van der Waals surface area contributed by atoms with E-state index in [1.165, 1.54) is 25.5 Å². The molecule has 2 aromatic carbocycles. The summed E-state index contributed by atoms with van der Waals surface area (Å²) >= 11 is 3.40. The standard InChI is InChI=1S/C16H15BrN4O5/c1-25-14-7-11(8-19-20-16(18)22)6-13(17)15(14)26-9-10-2-4-12(5-3-10)21(23)24/h2-8H,9H2,1H3,(H3,18,20,22)/b19-8-. The zero-order valence-corrected chi connectivity index (χ0v) is 15.2. The minimum Gasteiger partial charge on any atom is -0.493 e. The molecular formula is C16H15BrN4O5. The third-order valence-electron chi connectivity index (χ3n) is 3.17. The number of halogens is 1. The minimum atomic E-state index is -0.768. The average Bonchev–Trinajstić information content (AvgIpc) is 2.60. The van der Waals surface area contributed by atoms with Crippen LogP contribution in [0.15, 0.2) is 46.0 Å². The van der Waals surface area contributed by atoms with Gasteiger partial charge >= 0.3 is 6.03 Å². The summed E-state index contributed by atoms with van der Waals surface area (Å²) in [6.45, 7) is 0.198. The first-order chi connectivity index (χ1) is 12.4. The number of hydrazone groups is 1. The Morgan fingerprint density at radius 3 is 2.65 bits per heavy atom. The van der Waals surface area contributed by atoms with Crippen LogP contribution in [0.5, 0.6) is 11.5 Å². The number of carbonyl (C=O) groups is 1. The van der Waals surface area contributed by atoms with E-state index in [1.54, 1.807) is 24.3 Å². The van der Waals surface area contributed by atoms with Gasteiger partial charge in [-0.3, -0.25) is 10.1 Å². The van der Waals surface area contributed by atoms with E-state index in [9.17, 15) is 14.9 Å². The summed E-state index contributed by atoms with van der Waals surface area (Å²) < 4.78 is 11.7. The number of hydrogen-bond acceptors (Lipinski definition) is 6. The van der Waals surface area contributed by atoms with E-state index in [4.69, 9.17) is 15.2 Å². The summed E-state index contributed by atoms with van der Waals surface area (Å²) in [5.74, 6) is 0.910. The second-order valence-corrected chi connectivity index (χ2v) is 5.83. The largest absolute Gasteiger partial charge is 0.493 e. The molecule has 0 aliphatic carbocycles. The number of nitrogens with two attached hydrogens (primary N) is 1. The van der Waals surface area contributed by atoms with Crippen LogP contribution in [0.3, 0.4) is 0 Å². The number of urea groups is 1. The third kappa shape index (κ3) is 5.18. The van der Waals surface area contributed by atoms with Gasteiger partial charge in [-0.05, 0) is 51.3 Å². The van der Waals surface area contributed by atoms with Gasteiger partial charge in [0.25, 0.3) is 5.69 Å². The van der Waals surface area contributed by atoms with Crippen molar-refractivity contribution in [2.45, 2.75) is 6.61 Å². The Hall–Kier alpha value is -3.14. The Morgan fingerprint density at radius 2 is 2.08 bits per heavy atom. The summed E-state index contributed by atoms with van der Waals surface area (Å²) in [7, 11) is 1.49. The number of hydrogen-bond donors (Lipinski definition) is 2. The molecule has 0 saturated carbocycles. The van der Waals surface area contributed by atoms with Crippen molar-refractivity contribution in [2.24, 2.45) is 10.8 Å². The molecule has 0 saturated heterocycles. The second-order valence-electron chi connectivity index (χ2n) is 4.98. The fourth-order valence-electron chi connectivity index (χ4n) is 1.99. The molecule has 26 heavy (non-hydrogen) atoms. The maximum atomic E-state index is 10.7. The van der Waals surface area contributed by atoms with Gasteiger partial charge in [-0.1, -0.05) is 0 Å². The number of nitro groups is 1. The SMILES string of the molecule is COc1cc(/C=N\NC(N)=O)cc(Br)c1OCc1ccc([N+](=O)[O-])cc1. The van der Waals surface area contributed by atoms with Crippen molar-refractivity contribution in [3.05, 3.63) is 62.1 Å². The first-order valence-electron chi connectivity index (χ1n) is 7.23. The number of methoxy groups -OCH3 is 1. The third-order valence-corrected chi connectivity index (χ3v) is 3.76. The number of nitrogens with zero attached hydrogens (tertiary/aromatic N) is 2. The van der Waals surface area contributed by atoms with Crippen LogP contribution >= 0.6 is 15.9 Å². The molecule has 0 aliphatic heterocycles. The average molecular weight is 423 g/mol. The molecule has 0 aromatic heterocycles. The molecule has 9 nitrogen and oxygen atoms in total. The summed E-state index contributed by atoms with van der Waals surface area (Å²) in [6, 6.07) is 8.69. The van der Waals surface area contributed by atoms with Gasteiger partial charge < -0.3 is 15.2 Å². The van der Waals surface area contributed by atoms with Crippen molar-refractivity contribution in [1.29, 1.82) is 0 Å². The predicted octanol–water partition coefficient (Wildman–Crippen LogP) is 2.95. The first-order valence-corrected chi connectivity index (χ1v) is 8.02. The van der Waals surface area contributed by atoms with Gasteiger partial charge in [0, 0.05) is 12.1 Å². The van der Waals surface area contributed by atoms with Crippen molar-refractivity contribution in [2.75, 3.05) is 7.11 Å². The molecule has 0 unspecified atom stereocenters. The van der Waals surface area contributed by atoms with Crippen LogP contribution in [0.2, 0.25) is 0 Å². The fourth-order valence-corrected chi connectivity index (χ4v) is 2.57. The lowest BCUT2D eigenvalue weighted by Crippen LogP contribution is -2.24. The van der Waals surface area contributed by atoms with Gasteiger partial charge in [0.15, 0.2) is 11.5 Å². The molecule has 136 valence electrons. The van der Waals surface area contributed by atoms with Crippen LogP contribution in [-0.4, -0.2) is 24.3 Å². The topological polar surface area (TPSA) is 129 Å². The van der Waals surface area contributed by atoms with Crippen molar-refractivity contribution in [3.8, 4) is 11.5 Å². The van der Waals surface area contributed by atoms with E-state index in [0.29, 0.717) is 21.5 Å². The molecule has 0 bridgehead atoms. The maximum absolute atomic E-state index is 10.7. The van der Waals surface area contributed by atoms with E-state index in [-0.39, 0.29) is 12.3 Å². The van der Waals surface area contributed by atoms with Crippen molar-refractivity contribution in [3.63, 3.8) is 0 Å². The van der Waals surface area contributed by atoms with Crippen molar-refractivity contribution >= 4 is 33.9 Å². The van der Waals surface area contributed by atoms with Crippen LogP contribution in [0, 0.1) is 10.1 Å². The predicted molar refractivity (Wildman–Crippen MR) is 98.4 cm³/mol. The van der Waals surface area contributed by atoms with E-state index in [0.717, 1.165) is 5.56 Å². The quantitative estimate of drug-likeness (QED) is 0.402. The Labute approximate surface area is 157 Å². The zero-order chi connectivity index (χ0) is 19.1. The van der Waals surface area contributed by atoms with Gasteiger partial charge in [-0.2, -0.15) is 5.10 Å². The monoisotopic (exact) mass is 422 g/mol. The Balaban J connectivity index is 2.14. The molecule has 3 N–H and O–H groups in total. The molecule has 0 fully saturated rings. The number of benzene rings is 2. The van der Waals surface area contributed by atoms with E-state index >= 15 is 0 Å². The lowest BCUT2D eigenvalue weighted by Gasteiger charge is -2.13. The number of non-ortho nitro benzene ring substituents is 1. The maximum Gasteiger partial charge on any atom is 0.332 e. The highest BCUT2D eigenvalue weighted by Gasteiger charge is 2.12. The minimum absolute atomic E-state index is 0.0146. The summed E-state index contributed by atoms with van der Waals surface area (Å²) in [5, 5.41) is 14.4. The highest BCUT2D eigenvalue weighted by molar-refractivity contribution is 9.10. The van der Waals surface area contributed by atoms with Gasteiger partial charge in [0.05, 0.1) is 22.7 Å². The summed E-state index contributed by atoms with van der Waals surface area (Å²) in [4.78, 5) is 20.8. The molecule has 0 atom stereocenters. The lowest BCUT2D eigenvalue weighted by molar-refractivity contribution is -0.384. The molecule has 2 rings (SSSR count). The molecule has 0 spiro atoms. The smallest absolute Gasteiger partial charge is 0.332 e. The number of nitro benzene ring substituents is 1. The molecule has 0 radical (unpaired) electrons. The molecule has 0 aliphatic rings. The number of carbonyl (C=O) groups excluding carboxylic acids is 1. The van der Waals surface area contributed by atoms with Crippen molar-refractivity contribution < 1.29 is 19.2 Å². The Morgan fingerprint density at radius 1 is 1.38 bits per heavy atom. The lowest BCUT2D eigenvalue weighted by atomic mass is 10.2. The van der Waals surface area contributed by atoms with Gasteiger partial charge in [0.2, 0.25) is 0 Å². The van der Waals surface area contributed by atoms with E-state index < -0.39 is 11.0 Å². The van der Waals surface area contributed by atoms with E-state index in [1.807, 2.05) is 0 Å². The Bertz CT molecular complexity index is 839. The van der Waals surface area contributed by atoms with Gasteiger partial charge in [0.1, 0.15) is 6.61 Å². The number of ether oxygens (including phenoxy) is 2. The Kier molecular flexibility index (Phi) is 6.50. The second kappa shape index (κ2) is 8.81. The number of amides is 2. The van der Waals surface area contributed by atoms with Crippen LogP contribution in [0.25, 0.3) is 0 Å². The molecule has 10 heteroatoms. The fraction of sp³-hybridized carbons (Fsp3) is 0.125. The highest BCUT2D eigenvalue weighted by Crippen LogP contribution is 2.36. The first kappa shape index (κ1) is 19.2. The summed E-state index contributed by atoms with van der Waals surface area (Å²) in [5.41, 5.74) is 8.45. The molecule has 2 amide bonds. The van der Waals surface area contributed by atoms with E-state index in [2.05, 4.69) is 26.5 Å². The van der Waals surface area contributed by atoms with Crippen LogP contribution < -0.4 is 20.6 Å². The normalized spacial score (nSPS) is 10.5. The van der Waals surface area contributed by atoms with Crippen LogP contribution in [0.4, 0.5) is 10.5 Å². The summed E-state index contributed by atoms with van der Waals surface area (Å²) in [6.07, 6.45) is 1.40. The highest BCUT2D eigenvalue weighted by atomic mass is 79.9. The molecule has 2 aromatic rings. The van der Waals surface area contributed by atoms with Crippen LogP contribution in [-0.2, 0) is 6.61 Å². The number of nitrogens with one attached hydrogen (secondary N) is 1. The number of primary amides is 1. The van der Waals surface area contributed by atoms with Gasteiger partial charge in [-0.25, -0.2) is 10.2 Å². The molecular weight excluding hydrogens is 408 g/mol. The van der Waals surface area contributed by atoms with Gasteiger partial charge in [-0.15, -0.1) is 0 Å². The number of rotatable bonds is 7. The van der Waals surface area contributed by atoms with Crippen molar-refractivity contribution in [1.82, 2.24) is 5.43 Å².